The standard InChI is InChI=1S/C16H12N2O3S/c1-21-15(20)10-6-7-12-14(8-10)22-16(18-12)17-9-11-4-2-3-5-13(11)19/h2-9,19H,1H3/b17-9+. The second kappa shape index (κ2) is 5.95. The molecule has 0 amide bonds. The van der Waals surface area contributed by atoms with Crippen LogP contribution in [0.25, 0.3) is 10.2 Å². The van der Waals surface area contributed by atoms with E-state index in [1.807, 2.05) is 6.07 Å². The van der Waals surface area contributed by atoms with Crippen molar-refractivity contribution in [1.29, 1.82) is 0 Å². The van der Waals surface area contributed by atoms with Crippen molar-refractivity contribution in [3.05, 3.63) is 53.6 Å². The molecule has 22 heavy (non-hydrogen) atoms. The van der Waals surface area contributed by atoms with Gasteiger partial charge in [-0.2, -0.15) is 0 Å². The van der Waals surface area contributed by atoms with Gasteiger partial charge < -0.3 is 9.84 Å². The van der Waals surface area contributed by atoms with Crippen molar-refractivity contribution in [1.82, 2.24) is 4.98 Å². The largest absolute Gasteiger partial charge is 0.507 e. The average Bonchev–Trinajstić information content (AvgIpc) is 2.95. The van der Waals surface area contributed by atoms with Gasteiger partial charge in [-0.15, -0.1) is 0 Å². The van der Waals surface area contributed by atoms with Crippen LogP contribution in [0.4, 0.5) is 5.13 Å². The van der Waals surface area contributed by atoms with Gasteiger partial charge in [-0.3, -0.25) is 0 Å². The van der Waals surface area contributed by atoms with E-state index in [9.17, 15) is 9.90 Å². The van der Waals surface area contributed by atoms with Crippen LogP contribution in [0, 0.1) is 0 Å². The van der Waals surface area contributed by atoms with Gasteiger partial charge in [0.25, 0.3) is 0 Å². The van der Waals surface area contributed by atoms with E-state index < -0.39 is 0 Å². The number of nitrogens with zero attached hydrogens (tertiary/aromatic N) is 2. The Balaban J connectivity index is 1.92. The third-order valence-corrected chi connectivity index (χ3v) is 3.98. The predicted molar refractivity (Wildman–Crippen MR) is 86.3 cm³/mol. The second-order valence-corrected chi connectivity index (χ2v) is 5.50. The van der Waals surface area contributed by atoms with E-state index in [2.05, 4.69) is 9.98 Å². The number of carbonyl (C=O) groups excluding carboxylic acids is 1. The van der Waals surface area contributed by atoms with Crippen molar-refractivity contribution in [2.45, 2.75) is 0 Å². The van der Waals surface area contributed by atoms with Crippen molar-refractivity contribution in [3.63, 3.8) is 0 Å². The Labute approximate surface area is 130 Å². The molecule has 6 heteroatoms. The molecule has 0 aliphatic heterocycles. The number of ether oxygens (including phenoxy) is 1. The summed E-state index contributed by atoms with van der Waals surface area (Å²) in [5.41, 5.74) is 1.87. The zero-order valence-corrected chi connectivity index (χ0v) is 12.5. The lowest BCUT2D eigenvalue weighted by atomic mass is 10.2. The normalized spacial score (nSPS) is 11.1. The lowest BCUT2D eigenvalue weighted by Gasteiger charge is -1.97. The number of para-hydroxylation sites is 1. The number of methoxy groups -OCH3 is 1. The molecule has 110 valence electrons. The van der Waals surface area contributed by atoms with Crippen LogP contribution in [-0.2, 0) is 4.74 Å². The molecule has 2 aromatic carbocycles. The average molecular weight is 312 g/mol. The maximum atomic E-state index is 11.5. The molecule has 0 saturated carbocycles. The number of rotatable bonds is 3. The summed E-state index contributed by atoms with van der Waals surface area (Å²) in [5.74, 6) is -0.213. The van der Waals surface area contributed by atoms with Gasteiger partial charge in [0.1, 0.15) is 5.75 Å². The molecule has 0 fully saturated rings. The monoisotopic (exact) mass is 312 g/mol. The summed E-state index contributed by atoms with van der Waals surface area (Å²) in [4.78, 5) is 20.2. The topological polar surface area (TPSA) is 71.8 Å². The van der Waals surface area contributed by atoms with Crippen molar-refractivity contribution >= 4 is 38.9 Å². The van der Waals surface area contributed by atoms with E-state index in [0.29, 0.717) is 16.3 Å². The molecule has 1 aromatic heterocycles. The van der Waals surface area contributed by atoms with Crippen molar-refractivity contribution < 1.29 is 14.6 Å². The van der Waals surface area contributed by atoms with Crippen molar-refractivity contribution in [2.75, 3.05) is 7.11 Å². The minimum atomic E-state index is -0.380. The zero-order valence-electron chi connectivity index (χ0n) is 11.7. The number of aliphatic imine (C=N–C) groups is 1. The number of carbonyl (C=O) groups is 1. The van der Waals surface area contributed by atoms with E-state index in [0.717, 1.165) is 10.2 Å². The van der Waals surface area contributed by atoms with E-state index >= 15 is 0 Å². The molecule has 3 rings (SSSR count). The fourth-order valence-corrected chi connectivity index (χ4v) is 2.78. The van der Waals surface area contributed by atoms with Crippen LogP contribution in [0.1, 0.15) is 15.9 Å². The number of benzene rings is 2. The summed E-state index contributed by atoms with van der Waals surface area (Å²) in [6.45, 7) is 0. The highest BCUT2D eigenvalue weighted by Gasteiger charge is 2.09. The van der Waals surface area contributed by atoms with Gasteiger partial charge in [-0.1, -0.05) is 23.5 Å². The van der Waals surface area contributed by atoms with E-state index in [4.69, 9.17) is 4.74 Å². The van der Waals surface area contributed by atoms with Gasteiger partial charge in [0, 0.05) is 11.8 Å². The van der Waals surface area contributed by atoms with E-state index in [1.165, 1.54) is 18.4 Å². The maximum Gasteiger partial charge on any atom is 0.337 e. The summed E-state index contributed by atoms with van der Waals surface area (Å²) in [6, 6.07) is 12.1. The fourth-order valence-electron chi connectivity index (χ4n) is 1.93. The summed E-state index contributed by atoms with van der Waals surface area (Å²) in [5, 5.41) is 10.2. The summed E-state index contributed by atoms with van der Waals surface area (Å²) in [6.07, 6.45) is 1.56. The lowest BCUT2D eigenvalue weighted by molar-refractivity contribution is 0.0601. The highest BCUT2D eigenvalue weighted by Crippen LogP contribution is 2.29. The van der Waals surface area contributed by atoms with Gasteiger partial charge in [-0.25, -0.2) is 14.8 Å². The number of esters is 1. The Hall–Kier alpha value is -2.73. The first-order valence-corrected chi connectivity index (χ1v) is 7.30. The molecule has 3 aromatic rings. The maximum absolute atomic E-state index is 11.5. The number of aromatic hydroxyl groups is 1. The molecule has 0 aliphatic rings. The Morgan fingerprint density at radius 1 is 1.32 bits per heavy atom. The number of phenolic OH excluding ortho intramolecular Hbond substituents is 1. The molecule has 0 saturated heterocycles. The van der Waals surface area contributed by atoms with Crippen LogP contribution >= 0.6 is 11.3 Å². The number of thiazole rings is 1. The minimum absolute atomic E-state index is 0.167. The molecule has 0 bridgehead atoms. The van der Waals surface area contributed by atoms with Gasteiger partial charge in [0.2, 0.25) is 5.13 Å². The van der Waals surface area contributed by atoms with Crippen molar-refractivity contribution in [2.24, 2.45) is 4.99 Å². The van der Waals surface area contributed by atoms with E-state index in [-0.39, 0.29) is 11.7 Å². The molecule has 0 atom stereocenters. The Morgan fingerprint density at radius 2 is 2.14 bits per heavy atom. The quantitative estimate of drug-likeness (QED) is 0.593. The summed E-state index contributed by atoms with van der Waals surface area (Å²) < 4.78 is 5.55. The summed E-state index contributed by atoms with van der Waals surface area (Å²) in [7, 11) is 1.35. The SMILES string of the molecule is COC(=O)c1ccc2nc(/N=C/c3ccccc3O)sc2c1. The number of phenols is 1. The molecule has 1 N–H and O–H groups in total. The number of aromatic nitrogens is 1. The van der Waals surface area contributed by atoms with Crippen molar-refractivity contribution in [3.8, 4) is 5.75 Å². The molecule has 5 nitrogen and oxygen atoms in total. The van der Waals surface area contributed by atoms with Gasteiger partial charge >= 0.3 is 5.97 Å². The first-order chi connectivity index (χ1) is 10.7. The van der Waals surface area contributed by atoms with E-state index in [1.54, 1.807) is 42.6 Å². The fraction of sp³-hybridized carbons (Fsp3) is 0.0625. The predicted octanol–water partition coefficient (Wildman–Crippen LogP) is 3.54. The smallest absolute Gasteiger partial charge is 0.337 e. The summed E-state index contributed by atoms with van der Waals surface area (Å²) >= 11 is 1.37. The Kier molecular flexibility index (Phi) is 3.84. The van der Waals surface area contributed by atoms with Crippen LogP contribution in [0.15, 0.2) is 47.5 Å². The number of hydrogen-bond acceptors (Lipinski definition) is 6. The number of fused-ring (bicyclic) bond motifs is 1. The molecule has 0 radical (unpaired) electrons. The van der Waals surface area contributed by atoms with Crippen LogP contribution in [0.2, 0.25) is 0 Å². The minimum Gasteiger partial charge on any atom is -0.507 e. The first kappa shape index (κ1) is 14.2. The lowest BCUT2D eigenvalue weighted by Crippen LogP contribution is -1.99. The van der Waals surface area contributed by atoms with Crippen LogP contribution in [0.5, 0.6) is 5.75 Å². The highest BCUT2D eigenvalue weighted by molar-refractivity contribution is 7.22. The zero-order chi connectivity index (χ0) is 15.5. The highest BCUT2D eigenvalue weighted by atomic mass is 32.1. The molecule has 0 spiro atoms. The first-order valence-electron chi connectivity index (χ1n) is 6.48. The van der Waals surface area contributed by atoms with Gasteiger partial charge in [0.05, 0.1) is 22.9 Å². The van der Waals surface area contributed by atoms with Crippen LogP contribution < -0.4 is 0 Å². The van der Waals surface area contributed by atoms with Gasteiger partial charge in [0.15, 0.2) is 0 Å². The number of hydrogen-bond donors (Lipinski definition) is 1. The molecule has 1 heterocycles. The van der Waals surface area contributed by atoms with Crippen LogP contribution in [-0.4, -0.2) is 29.4 Å². The van der Waals surface area contributed by atoms with Gasteiger partial charge in [-0.05, 0) is 30.3 Å². The second-order valence-electron chi connectivity index (χ2n) is 4.49. The third kappa shape index (κ3) is 2.82. The molecular weight excluding hydrogens is 300 g/mol. The third-order valence-electron chi connectivity index (χ3n) is 3.05. The Bertz CT molecular complexity index is 871. The molecule has 0 unspecified atom stereocenters. The Morgan fingerprint density at radius 3 is 2.91 bits per heavy atom. The van der Waals surface area contributed by atoms with Crippen LogP contribution in [0.3, 0.4) is 0 Å². The molecular formula is C16H12N2O3S. The molecule has 0 aliphatic carbocycles.